The molecule has 1 aromatic rings. The maximum absolute atomic E-state index is 12.1. The van der Waals surface area contributed by atoms with Crippen molar-refractivity contribution in [1.82, 2.24) is 5.32 Å². The molecule has 0 spiro atoms. The van der Waals surface area contributed by atoms with Gasteiger partial charge < -0.3 is 15.8 Å². The van der Waals surface area contributed by atoms with E-state index in [0.717, 1.165) is 25.0 Å². The van der Waals surface area contributed by atoms with Crippen LogP contribution in [0.1, 0.15) is 31.4 Å². The summed E-state index contributed by atoms with van der Waals surface area (Å²) in [4.78, 5) is 12.1. The van der Waals surface area contributed by atoms with E-state index in [9.17, 15) is 4.79 Å². The van der Waals surface area contributed by atoms with Crippen LogP contribution in [0.5, 0.6) is 0 Å². The zero-order valence-electron chi connectivity index (χ0n) is 11.3. The minimum Gasteiger partial charge on any atom is -0.376 e. The molecule has 1 heterocycles. The van der Waals surface area contributed by atoms with E-state index >= 15 is 0 Å². The lowest BCUT2D eigenvalue weighted by molar-refractivity contribution is -0.125. The van der Waals surface area contributed by atoms with Crippen LogP contribution in [-0.2, 0) is 9.53 Å². The van der Waals surface area contributed by atoms with Gasteiger partial charge in [0, 0.05) is 19.2 Å². The number of amides is 1. The number of hydrogen-bond donors (Lipinski definition) is 2. The first-order valence-electron chi connectivity index (χ1n) is 6.88. The second-order valence-corrected chi connectivity index (χ2v) is 5.11. The molecule has 1 aliphatic heterocycles. The second kappa shape index (κ2) is 6.68. The van der Waals surface area contributed by atoms with Gasteiger partial charge in [0.05, 0.1) is 12.0 Å². The van der Waals surface area contributed by atoms with Crippen molar-refractivity contribution in [3.05, 3.63) is 35.9 Å². The van der Waals surface area contributed by atoms with Crippen LogP contribution in [0.2, 0.25) is 0 Å². The van der Waals surface area contributed by atoms with E-state index in [0.29, 0.717) is 6.54 Å². The minimum absolute atomic E-state index is 0.00754. The third-order valence-corrected chi connectivity index (χ3v) is 3.66. The Kier molecular flexibility index (Phi) is 4.93. The summed E-state index contributed by atoms with van der Waals surface area (Å²) in [6.45, 7) is 3.26. The quantitative estimate of drug-likeness (QED) is 0.847. The third kappa shape index (κ3) is 3.78. The average Bonchev–Trinajstić information content (AvgIpc) is 2.97. The molecular weight excluding hydrogens is 240 g/mol. The van der Waals surface area contributed by atoms with E-state index in [4.69, 9.17) is 10.5 Å². The highest BCUT2D eigenvalue weighted by Crippen LogP contribution is 2.19. The fraction of sp³-hybridized carbons (Fsp3) is 0.533. The Balaban J connectivity index is 1.84. The molecule has 2 rings (SSSR count). The highest BCUT2D eigenvalue weighted by molar-refractivity contribution is 5.79. The molecule has 1 fully saturated rings. The monoisotopic (exact) mass is 262 g/mol. The highest BCUT2D eigenvalue weighted by Gasteiger charge is 2.23. The first-order valence-corrected chi connectivity index (χ1v) is 6.88. The van der Waals surface area contributed by atoms with Gasteiger partial charge in [-0.15, -0.1) is 0 Å². The van der Waals surface area contributed by atoms with Crippen molar-refractivity contribution in [3.63, 3.8) is 0 Å². The predicted octanol–water partition coefficient (Wildman–Crippen LogP) is 1.62. The molecule has 1 saturated heterocycles. The van der Waals surface area contributed by atoms with Gasteiger partial charge in [0.1, 0.15) is 0 Å². The summed E-state index contributed by atoms with van der Waals surface area (Å²) in [5, 5.41) is 2.93. The van der Waals surface area contributed by atoms with Crippen LogP contribution < -0.4 is 11.1 Å². The molecule has 3 unspecified atom stereocenters. The summed E-state index contributed by atoms with van der Waals surface area (Å²) < 4.78 is 5.48. The Morgan fingerprint density at radius 3 is 2.84 bits per heavy atom. The molecule has 3 atom stereocenters. The Labute approximate surface area is 114 Å². The van der Waals surface area contributed by atoms with Crippen molar-refractivity contribution in [1.29, 1.82) is 0 Å². The van der Waals surface area contributed by atoms with Gasteiger partial charge in [-0.1, -0.05) is 37.3 Å². The fourth-order valence-corrected chi connectivity index (χ4v) is 2.31. The van der Waals surface area contributed by atoms with Crippen LogP contribution in [0.15, 0.2) is 30.3 Å². The summed E-state index contributed by atoms with van der Waals surface area (Å²) in [7, 11) is 0. The number of carbonyl (C=O) groups is 1. The summed E-state index contributed by atoms with van der Waals surface area (Å²) >= 11 is 0. The van der Waals surface area contributed by atoms with Crippen molar-refractivity contribution in [2.45, 2.75) is 31.9 Å². The molecule has 1 amide bonds. The van der Waals surface area contributed by atoms with Gasteiger partial charge in [0.25, 0.3) is 0 Å². The first kappa shape index (κ1) is 14.0. The molecule has 0 aromatic heterocycles. The van der Waals surface area contributed by atoms with Crippen LogP contribution in [-0.4, -0.2) is 25.2 Å². The molecule has 4 heteroatoms. The minimum atomic E-state index is -0.273. The third-order valence-electron chi connectivity index (χ3n) is 3.66. The van der Waals surface area contributed by atoms with Crippen molar-refractivity contribution in [2.75, 3.05) is 13.2 Å². The molecule has 3 N–H and O–H groups in total. The zero-order chi connectivity index (χ0) is 13.7. The van der Waals surface area contributed by atoms with Crippen LogP contribution in [0.4, 0.5) is 0 Å². The van der Waals surface area contributed by atoms with E-state index in [1.54, 1.807) is 0 Å². The Morgan fingerprint density at radius 2 is 2.21 bits per heavy atom. The van der Waals surface area contributed by atoms with Gasteiger partial charge in [-0.05, 0) is 18.4 Å². The normalized spacial score (nSPS) is 21.9. The molecule has 0 radical (unpaired) electrons. The van der Waals surface area contributed by atoms with E-state index in [-0.39, 0.29) is 24.0 Å². The van der Waals surface area contributed by atoms with Crippen LogP contribution >= 0.6 is 0 Å². The molecule has 0 aliphatic carbocycles. The molecule has 19 heavy (non-hydrogen) atoms. The molecule has 4 nitrogen and oxygen atoms in total. The number of nitrogens with one attached hydrogen (secondary N) is 1. The predicted molar refractivity (Wildman–Crippen MR) is 74.5 cm³/mol. The number of benzene rings is 1. The maximum Gasteiger partial charge on any atom is 0.224 e. The largest absolute Gasteiger partial charge is 0.376 e. The first-order chi connectivity index (χ1) is 9.18. The molecule has 1 aliphatic rings. The number of hydrogen-bond acceptors (Lipinski definition) is 3. The maximum atomic E-state index is 12.1. The molecule has 1 aromatic carbocycles. The van der Waals surface area contributed by atoms with Crippen molar-refractivity contribution < 1.29 is 9.53 Å². The Morgan fingerprint density at radius 1 is 1.47 bits per heavy atom. The van der Waals surface area contributed by atoms with Crippen molar-refractivity contribution >= 4 is 5.91 Å². The smallest absolute Gasteiger partial charge is 0.224 e. The lowest BCUT2D eigenvalue weighted by atomic mass is 9.94. The van der Waals surface area contributed by atoms with Crippen LogP contribution in [0, 0.1) is 5.92 Å². The SMILES string of the molecule is CC(C(=O)NCC1CCCO1)C(N)c1ccccc1. The number of rotatable bonds is 5. The van der Waals surface area contributed by atoms with Gasteiger partial charge in [-0.3, -0.25) is 4.79 Å². The standard InChI is InChI=1S/C15H22N2O2/c1-11(14(16)12-6-3-2-4-7-12)15(18)17-10-13-8-5-9-19-13/h2-4,6-7,11,13-14H,5,8-10,16H2,1H3,(H,17,18). The Bertz CT molecular complexity index is 402. The van der Waals surface area contributed by atoms with Crippen LogP contribution in [0.25, 0.3) is 0 Å². The average molecular weight is 262 g/mol. The summed E-state index contributed by atoms with van der Waals surface area (Å²) in [6, 6.07) is 9.45. The molecule has 0 bridgehead atoms. The molecule has 104 valence electrons. The summed E-state index contributed by atoms with van der Waals surface area (Å²) in [6.07, 6.45) is 2.28. The summed E-state index contributed by atoms with van der Waals surface area (Å²) in [5.74, 6) is -0.254. The zero-order valence-corrected chi connectivity index (χ0v) is 11.3. The topological polar surface area (TPSA) is 64.3 Å². The highest BCUT2D eigenvalue weighted by atomic mass is 16.5. The molecule has 0 saturated carbocycles. The molecular formula is C15H22N2O2. The lowest BCUT2D eigenvalue weighted by Crippen LogP contribution is -2.39. The lowest BCUT2D eigenvalue weighted by Gasteiger charge is -2.20. The number of nitrogens with two attached hydrogens (primary N) is 1. The second-order valence-electron chi connectivity index (χ2n) is 5.11. The van der Waals surface area contributed by atoms with E-state index in [1.807, 2.05) is 37.3 Å². The van der Waals surface area contributed by atoms with Gasteiger partial charge in [0.2, 0.25) is 5.91 Å². The fourth-order valence-electron chi connectivity index (χ4n) is 2.31. The van der Waals surface area contributed by atoms with Gasteiger partial charge in [0.15, 0.2) is 0 Å². The van der Waals surface area contributed by atoms with Gasteiger partial charge in [-0.2, -0.15) is 0 Å². The van der Waals surface area contributed by atoms with Gasteiger partial charge in [-0.25, -0.2) is 0 Å². The summed E-state index contributed by atoms with van der Waals surface area (Å²) in [5.41, 5.74) is 7.12. The van der Waals surface area contributed by atoms with Crippen molar-refractivity contribution in [2.24, 2.45) is 11.7 Å². The number of carbonyl (C=O) groups excluding carboxylic acids is 1. The van der Waals surface area contributed by atoms with E-state index in [2.05, 4.69) is 5.32 Å². The van der Waals surface area contributed by atoms with Crippen LogP contribution in [0.3, 0.4) is 0 Å². The van der Waals surface area contributed by atoms with E-state index < -0.39 is 0 Å². The van der Waals surface area contributed by atoms with Crippen molar-refractivity contribution in [3.8, 4) is 0 Å². The van der Waals surface area contributed by atoms with Gasteiger partial charge >= 0.3 is 0 Å². The Hall–Kier alpha value is -1.39. The number of ether oxygens (including phenoxy) is 1. The van der Waals surface area contributed by atoms with E-state index in [1.165, 1.54) is 0 Å².